The molecule has 0 aromatic heterocycles. The molecule has 0 aliphatic rings. The largest absolute Gasteiger partial charge is 0.311 e. The molecule has 214 valence electrons. The van der Waals surface area contributed by atoms with Gasteiger partial charge >= 0.3 is 0 Å². The van der Waals surface area contributed by atoms with Gasteiger partial charge in [-0.1, -0.05) is 144 Å². The minimum absolute atomic E-state index is 0.160. The Morgan fingerprint density at radius 3 is 0.756 bits per heavy atom. The number of nitrogens with zero attached hydrogens (tertiary/aromatic N) is 2. The van der Waals surface area contributed by atoms with E-state index in [1.807, 2.05) is 0 Å². The monoisotopic (exact) mass is 576 g/mol. The molecule has 0 saturated carbocycles. The van der Waals surface area contributed by atoms with Gasteiger partial charge in [-0.25, -0.2) is 0 Å². The number of rotatable bonds is 9. The van der Waals surface area contributed by atoms with E-state index in [0.717, 1.165) is 34.1 Å². The summed E-state index contributed by atoms with van der Waals surface area (Å²) in [6.45, 7) is 0.160. The molecule has 0 amide bonds. The van der Waals surface area contributed by atoms with Gasteiger partial charge < -0.3 is 9.80 Å². The fourth-order valence-electron chi connectivity index (χ4n) is 6.06. The van der Waals surface area contributed by atoms with Crippen molar-refractivity contribution in [3.8, 4) is 0 Å². The molecule has 45 heavy (non-hydrogen) atoms. The average Bonchev–Trinajstić information content (AvgIpc) is 3.12. The van der Waals surface area contributed by atoms with E-state index < -0.39 is 0 Å². The van der Waals surface area contributed by atoms with E-state index >= 15 is 0 Å². The summed E-state index contributed by atoms with van der Waals surface area (Å²) in [5, 5.41) is 0. The molecule has 0 N–H and O–H groups in total. The van der Waals surface area contributed by atoms with E-state index in [9.17, 15) is 0 Å². The third kappa shape index (κ3) is 6.15. The lowest BCUT2D eigenvalue weighted by atomic mass is 9.37. The Kier molecular flexibility index (Phi) is 8.24. The van der Waals surface area contributed by atoms with Crippen molar-refractivity contribution < 1.29 is 0 Å². The summed E-state index contributed by atoms with van der Waals surface area (Å²) in [5.74, 6) is 0. The Morgan fingerprint density at radius 2 is 0.444 bits per heavy atom. The molecule has 0 saturated heterocycles. The zero-order chi connectivity index (χ0) is 30.3. The van der Waals surface area contributed by atoms with Crippen LogP contribution < -0.4 is 26.2 Å². The van der Waals surface area contributed by atoms with Gasteiger partial charge in [0.05, 0.1) is 0 Å². The Balaban J connectivity index is 1.26. The second-order valence-electron chi connectivity index (χ2n) is 11.0. The van der Waals surface area contributed by atoms with Crippen LogP contribution in [-0.4, -0.2) is 6.71 Å². The summed E-state index contributed by atoms with van der Waals surface area (Å²) in [7, 11) is 0. The van der Waals surface area contributed by atoms with E-state index in [1.54, 1.807) is 0 Å². The normalized spacial score (nSPS) is 10.7. The Hall–Kier alpha value is -5.80. The molecule has 7 aromatic carbocycles. The average molecular weight is 577 g/mol. The Labute approximate surface area is 266 Å². The van der Waals surface area contributed by atoms with E-state index in [-0.39, 0.29) is 6.71 Å². The van der Waals surface area contributed by atoms with Gasteiger partial charge in [0.2, 0.25) is 6.71 Å². The molecule has 7 rings (SSSR count). The van der Waals surface area contributed by atoms with Gasteiger partial charge in [0.15, 0.2) is 0 Å². The van der Waals surface area contributed by atoms with E-state index in [4.69, 9.17) is 0 Å². The molecule has 0 spiro atoms. The summed E-state index contributed by atoms with van der Waals surface area (Å²) < 4.78 is 0. The highest BCUT2D eigenvalue weighted by Gasteiger charge is 2.22. The van der Waals surface area contributed by atoms with Gasteiger partial charge in [-0.3, -0.25) is 0 Å². The fourth-order valence-corrected chi connectivity index (χ4v) is 6.06. The highest BCUT2D eigenvalue weighted by molar-refractivity contribution is 6.95. The molecule has 0 radical (unpaired) electrons. The van der Waals surface area contributed by atoms with Crippen molar-refractivity contribution >= 4 is 57.2 Å². The maximum atomic E-state index is 2.32. The number of hydrogen-bond acceptors (Lipinski definition) is 2. The Bertz CT molecular complexity index is 1710. The van der Waals surface area contributed by atoms with Crippen molar-refractivity contribution in [2.24, 2.45) is 0 Å². The lowest BCUT2D eigenvalue weighted by Gasteiger charge is -2.28. The van der Waals surface area contributed by atoms with Gasteiger partial charge in [-0.05, 0) is 72.8 Å². The van der Waals surface area contributed by atoms with Crippen molar-refractivity contribution in [3.05, 3.63) is 200 Å². The predicted molar refractivity (Wildman–Crippen MR) is 193 cm³/mol. The van der Waals surface area contributed by atoms with Crippen LogP contribution in [-0.2, 0) is 0 Å². The lowest BCUT2D eigenvalue weighted by molar-refractivity contribution is 1.26. The molecule has 0 bridgehead atoms. The smallest absolute Gasteiger partial charge is 0.241 e. The summed E-state index contributed by atoms with van der Waals surface area (Å²) in [4.78, 5) is 4.61. The maximum absolute atomic E-state index is 2.32. The van der Waals surface area contributed by atoms with Gasteiger partial charge in [-0.15, -0.1) is 0 Å². The first-order valence-electron chi connectivity index (χ1n) is 15.4. The SMILES string of the molecule is c1ccc(B(c2ccccc2)c2ccc(N(c3ccccc3)c3ccc(N(c4ccccc4)c4ccccc4)cc3)cc2)cc1. The van der Waals surface area contributed by atoms with Gasteiger partial charge in [0.1, 0.15) is 0 Å². The van der Waals surface area contributed by atoms with Crippen molar-refractivity contribution in [1.82, 2.24) is 0 Å². The predicted octanol–water partition coefficient (Wildman–Crippen LogP) is 9.14. The van der Waals surface area contributed by atoms with Crippen LogP contribution >= 0.6 is 0 Å². The fraction of sp³-hybridized carbons (Fsp3) is 0. The van der Waals surface area contributed by atoms with Crippen LogP contribution in [0.2, 0.25) is 0 Å². The van der Waals surface area contributed by atoms with E-state index in [0.29, 0.717) is 0 Å². The minimum atomic E-state index is 0.160. The molecule has 0 fully saturated rings. The third-order valence-electron chi connectivity index (χ3n) is 8.16. The first kappa shape index (κ1) is 28.0. The zero-order valence-electron chi connectivity index (χ0n) is 25.0. The molecular weight excluding hydrogens is 543 g/mol. The van der Waals surface area contributed by atoms with Crippen LogP contribution in [0.5, 0.6) is 0 Å². The van der Waals surface area contributed by atoms with E-state index in [1.165, 1.54) is 16.4 Å². The van der Waals surface area contributed by atoms with Crippen LogP contribution in [0, 0.1) is 0 Å². The summed E-state index contributed by atoms with van der Waals surface area (Å²) in [6, 6.07) is 71.0. The van der Waals surface area contributed by atoms with Gasteiger partial charge in [-0.2, -0.15) is 0 Å². The van der Waals surface area contributed by atoms with Gasteiger partial charge in [0, 0.05) is 34.1 Å². The first-order chi connectivity index (χ1) is 22.3. The van der Waals surface area contributed by atoms with Crippen LogP contribution in [0.1, 0.15) is 0 Å². The van der Waals surface area contributed by atoms with Crippen LogP contribution in [0.3, 0.4) is 0 Å². The quantitative estimate of drug-likeness (QED) is 0.158. The zero-order valence-corrected chi connectivity index (χ0v) is 25.0. The highest BCUT2D eigenvalue weighted by Crippen LogP contribution is 2.38. The number of para-hydroxylation sites is 3. The third-order valence-corrected chi connectivity index (χ3v) is 8.16. The Morgan fingerprint density at radius 1 is 0.222 bits per heavy atom. The second-order valence-corrected chi connectivity index (χ2v) is 11.0. The second kappa shape index (κ2) is 13.2. The molecule has 2 nitrogen and oxygen atoms in total. The number of anilines is 6. The van der Waals surface area contributed by atoms with Crippen LogP contribution in [0.4, 0.5) is 34.1 Å². The molecule has 3 heteroatoms. The first-order valence-corrected chi connectivity index (χ1v) is 15.4. The standard InChI is InChI=1S/C42H33BN2/c1-6-16-34(17-7-1)43(35-18-8-2-9-19-35)36-26-28-40(29-27-36)45(39-24-14-5-15-25-39)42-32-30-41(31-33-42)44(37-20-10-3-11-21-37)38-22-12-4-13-23-38/h1-33H. The lowest BCUT2D eigenvalue weighted by Crippen LogP contribution is -2.51. The maximum Gasteiger partial charge on any atom is 0.241 e. The van der Waals surface area contributed by atoms with E-state index in [2.05, 4.69) is 210 Å². The minimum Gasteiger partial charge on any atom is -0.311 e. The molecule has 0 heterocycles. The van der Waals surface area contributed by atoms with Crippen LogP contribution in [0.25, 0.3) is 0 Å². The van der Waals surface area contributed by atoms with Crippen molar-refractivity contribution in [2.45, 2.75) is 0 Å². The van der Waals surface area contributed by atoms with Crippen molar-refractivity contribution in [1.29, 1.82) is 0 Å². The highest BCUT2D eigenvalue weighted by atomic mass is 15.2. The molecule has 0 unspecified atom stereocenters. The van der Waals surface area contributed by atoms with Crippen molar-refractivity contribution in [3.63, 3.8) is 0 Å². The molecule has 0 atom stereocenters. The summed E-state index contributed by atoms with van der Waals surface area (Å²) in [6.07, 6.45) is 0. The molecular formula is C42H33BN2. The van der Waals surface area contributed by atoms with Crippen LogP contribution in [0.15, 0.2) is 200 Å². The molecule has 7 aromatic rings. The van der Waals surface area contributed by atoms with Gasteiger partial charge in [0.25, 0.3) is 0 Å². The molecule has 0 aliphatic heterocycles. The van der Waals surface area contributed by atoms with Crippen molar-refractivity contribution in [2.75, 3.05) is 9.80 Å². The summed E-state index contributed by atoms with van der Waals surface area (Å²) >= 11 is 0. The summed E-state index contributed by atoms with van der Waals surface area (Å²) in [5.41, 5.74) is 10.5. The topological polar surface area (TPSA) is 6.48 Å². The number of hydrogen-bond donors (Lipinski definition) is 0. The molecule has 0 aliphatic carbocycles. The number of benzene rings is 7.